The highest BCUT2D eigenvalue weighted by molar-refractivity contribution is 8.01. The summed E-state index contributed by atoms with van der Waals surface area (Å²) in [5, 5.41) is 11.5. The van der Waals surface area contributed by atoms with Crippen LogP contribution in [-0.4, -0.2) is 32.2 Å². The number of carbonyl (C=O) groups is 2. The normalized spacial score (nSPS) is 17.0. The summed E-state index contributed by atoms with van der Waals surface area (Å²) >= 11 is 7.22. The number of carbonyl (C=O) groups excluding carboxylic acids is 2. The molecule has 2 heterocycles. The molecule has 1 unspecified atom stereocenters. The number of aromatic nitrogens is 3. The van der Waals surface area contributed by atoms with Crippen LogP contribution < -0.4 is 10.6 Å². The van der Waals surface area contributed by atoms with Gasteiger partial charge in [0.15, 0.2) is 0 Å². The third kappa shape index (κ3) is 3.17. The monoisotopic (exact) mass is 323 g/mol. The first-order valence-corrected chi connectivity index (χ1v) is 7.30. The number of nitrogens with zero attached hydrogens (tertiary/aromatic N) is 2. The van der Waals surface area contributed by atoms with E-state index in [1.165, 1.54) is 18.1 Å². The van der Waals surface area contributed by atoms with Crippen molar-refractivity contribution >= 4 is 46.8 Å². The van der Waals surface area contributed by atoms with Crippen molar-refractivity contribution in [3.63, 3.8) is 0 Å². The molecule has 1 aromatic carbocycles. The number of hydrogen-bond acceptors (Lipinski definition) is 5. The molecule has 0 saturated carbocycles. The number of aromatic amines is 1. The van der Waals surface area contributed by atoms with Gasteiger partial charge in [0.05, 0.1) is 10.9 Å². The maximum absolute atomic E-state index is 12.0. The number of halogens is 1. The van der Waals surface area contributed by atoms with Crippen molar-refractivity contribution in [2.75, 3.05) is 10.6 Å². The molecule has 9 heteroatoms. The zero-order chi connectivity index (χ0) is 14.8. The van der Waals surface area contributed by atoms with Gasteiger partial charge >= 0.3 is 0 Å². The zero-order valence-electron chi connectivity index (χ0n) is 10.6. The topological polar surface area (TPSA) is 99.8 Å². The number of fused-ring (bicyclic) bond motifs is 1. The number of benzene rings is 1. The second kappa shape index (κ2) is 5.74. The summed E-state index contributed by atoms with van der Waals surface area (Å²) in [6, 6.07) is 5.26. The maximum atomic E-state index is 12.0. The van der Waals surface area contributed by atoms with E-state index in [4.69, 9.17) is 11.6 Å². The van der Waals surface area contributed by atoms with Crippen molar-refractivity contribution in [1.29, 1.82) is 0 Å². The minimum Gasteiger partial charge on any atom is -0.324 e. The van der Waals surface area contributed by atoms with Crippen LogP contribution in [0.2, 0.25) is 5.02 Å². The standard InChI is InChI=1S/C12H10ClN5O2S/c13-6-1-2-8-7(3-6)16-11(20)9(21-8)4-10(19)17-12-14-5-15-18-12/h1-3,5,9H,4H2,(H,16,20)(H2,14,15,17,18,19). The van der Waals surface area contributed by atoms with E-state index < -0.39 is 5.25 Å². The molecule has 0 fully saturated rings. The van der Waals surface area contributed by atoms with Crippen molar-refractivity contribution in [3.05, 3.63) is 29.5 Å². The Kier molecular flexibility index (Phi) is 3.80. The molecule has 1 aromatic heterocycles. The van der Waals surface area contributed by atoms with Crippen molar-refractivity contribution < 1.29 is 9.59 Å². The fourth-order valence-electron chi connectivity index (χ4n) is 1.87. The van der Waals surface area contributed by atoms with Crippen LogP contribution in [0.1, 0.15) is 6.42 Å². The first-order valence-electron chi connectivity index (χ1n) is 6.04. The lowest BCUT2D eigenvalue weighted by Gasteiger charge is -2.23. The Labute approximate surface area is 128 Å². The SMILES string of the molecule is O=C(CC1Sc2ccc(Cl)cc2NC1=O)Nc1ncn[nH]1. The molecule has 3 rings (SSSR count). The molecule has 0 bridgehead atoms. The average molecular weight is 324 g/mol. The highest BCUT2D eigenvalue weighted by Crippen LogP contribution is 2.38. The van der Waals surface area contributed by atoms with E-state index >= 15 is 0 Å². The number of H-pyrrole nitrogens is 1. The largest absolute Gasteiger partial charge is 0.324 e. The lowest BCUT2D eigenvalue weighted by molar-refractivity contribution is -0.120. The second-order valence-corrected chi connectivity index (χ2v) is 6.00. The van der Waals surface area contributed by atoms with Gasteiger partial charge in [-0.15, -0.1) is 11.8 Å². The Bertz CT molecular complexity index is 691. The predicted octanol–water partition coefficient (Wildman–Crippen LogP) is 1.90. The number of anilines is 2. The van der Waals surface area contributed by atoms with E-state index in [9.17, 15) is 9.59 Å². The summed E-state index contributed by atoms with van der Waals surface area (Å²) in [7, 11) is 0. The fourth-order valence-corrected chi connectivity index (χ4v) is 3.14. The lowest BCUT2D eigenvalue weighted by Crippen LogP contribution is -2.32. The van der Waals surface area contributed by atoms with Crippen LogP contribution in [0, 0.1) is 0 Å². The van der Waals surface area contributed by atoms with Crippen LogP contribution in [0.5, 0.6) is 0 Å². The summed E-state index contributed by atoms with van der Waals surface area (Å²) in [5.74, 6) is -0.271. The van der Waals surface area contributed by atoms with E-state index in [2.05, 4.69) is 25.8 Å². The molecule has 0 aliphatic carbocycles. The van der Waals surface area contributed by atoms with E-state index in [-0.39, 0.29) is 24.2 Å². The Morgan fingerprint density at radius 3 is 3.10 bits per heavy atom. The van der Waals surface area contributed by atoms with Crippen LogP contribution in [-0.2, 0) is 9.59 Å². The quantitative estimate of drug-likeness (QED) is 0.801. The smallest absolute Gasteiger partial charge is 0.238 e. The van der Waals surface area contributed by atoms with E-state index in [1.54, 1.807) is 12.1 Å². The number of rotatable bonds is 3. The highest BCUT2D eigenvalue weighted by atomic mass is 35.5. The third-order valence-electron chi connectivity index (χ3n) is 2.80. The molecule has 2 aromatic rings. The summed E-state index contributed by atoms with van der Waals surface area (Å²) < 4.78 is 0. The molecule has 21 heavy (non-hydrogen) atoms. The van der Waals surface area contributed by atoms with Gasteiger partial charge in [-0.25, -0.2) is 5.10 Å². The van der Waals surface area contributed by atoms with Gasteiger partial charge in [0.1, 0.15) is 6.33 Å². The molecule has 0 saturated heterocycles. The van der Waals surface area contributed by atoms with Crippen molar-refractivity contribution in [1.82, 2.24) is 15.2 Å². The third-order valence-corrected chi connectivity index (χ3v) is 4.32. The zero-order valence-corrected chi connectivity index (χ0v) is 12.2. The van der Waals surface area contributed by atoms with Crippen LogP contribution in [0.15, 0.2) is 29.4 Å². The minimum atomic E-state index is -0.499. The van der Waals surface area contributed by atoms with Gasteiger partial charge in [0.25, 0.3) is 0 Å². The molecule has 7 nitrogen and oxygen atoms in total. The van der Waals surface area contributed by atoms with Crippen LogP contribution in [0.25, 0.3) is 0 Å². The van der Waals surface area contributed by atoms with Gasteiger partial charge in [-0.2, -0.15) is 10.1 Å². The Balaban J connectivity index is 1.68. The molecule has 108 valence electrons. The minimum absolute atomic E-state index is 0.0409. The molecule has 0 radical (unpaired) electrons. The van der Waals surface area contributed by atoms with Gasteiger partial charge in [-0.1, -0.05) is 11.6 Å². The summed E-state index contributed by atoms with van der Waals surface area (Å²) in [4.78, 5) is 28.6. The van der Waals surface area contributed by atoms with E-state index in [0.29, 0.717) is 10.7 Å². The summed E-state index contributed by atoms with van der Waals surface area (Å²) in [5.41, 5.74) is 0.671. The first-order chi connectivity index (χ1) is 10.1. The van der Waals surface area contributed by atoms with Gasteiger partial charge in [-0.05, 0) is 18.2 Å². The van der Waals surface area contributed by atoms with E-state index in [1.807, 2.05) is 6.07 Å². The fraction of sp³-hybridized carbons (Fsp3) is 0.167. The van der Waals surface area contributed by atoms with Crippen LogP contribution >= 0.6 is 23.4 Å². The van der Waals surface area contributed by atoms with E-state index in [0.717, 1.165) is 4.90 Å². The molecule has 0 spiro atoms. The summed E-state index contributed by atoms with van der Waals surface area (Å²) in [6.07, 6.45) is 1.33. The first kappa shape index (κ1) is 13.9. The number of thioether (sulfide) groups is 1. The van der Waals surface area contributed by atoms with Crippen molar-refractivity contribution in [3.8, 4) is 0 Å². The Morgan fingerprint density at radius 1 is 1.48 bits per heavy atom. The second-order valence-electron chi connectivity index (χ2n) is 4.32. The number of hydrogen-bond donors (Lipinski definition) is 3. The van der Waals surface area contributed by atoms with Gasteiger partial charge in [-0.3, -0.25) is 14.9 Å². The molecule has 1 aliphatic heterocycles. The maximum Gasteiger partial charge on any atom is 0.238 e. The lowest BCUT2D eigenvalue weighted by atomic mass is 10.2. The highest BCUT2D eigenvalue weighted by Gasteiger charge is 2.29. The Hall–Kier alpha value is -2.06. The Morgan fingerprint density at radius 2 is 2.33 bits per heavy atom. The van der Waals surface area contributed by atoms with Crippen molar-refractivity contribution in [2.24, 2.45) is 0 Å². The van der Waals surface area contributed by atoms with Gasteiger partial charge < -0.3 is 5.32 Å². The van der Waals surface area contributed by atoms with Crippen LogP contribution in [0.4, 0.5) is 11.6 Å². The predicted molar refractivity (Wildman–Crippen MR) is 79.4 cm³/mol. The number of amides is 2. The number of nitrogens with one attached hydrogen (secondary N) is 3. The molecular formula is C12H10ClN5O2S. The van der Waals surface area contributed by atoms with Gasteiger partial charge in [0, 0.05) is 16.3 Å². The summed E-state index contributed by atoms with van der Waals surface area (Å²) in [6.45, 7) is 0. The molecular weight excluding hydrogens is 314 g/mol. The van der Waals surface area contributed by atoms with Crippen molar-refractivity contribution in [2.45, 2.75) is 16.6 Å². The average Bonchev–Trinajstić information content (AvgIpc) is 2.92. The van der Waals surface area contributed by atoms with Crippen LogP contribution in [0.3, 0.4) is 0 Å². The van der Waals surface area contributed by atoms with Gasteiger partial charge in [0.2, 0.25) is 17.8 Å². The molecule has 1 atom stereocenters. The molecule has 2 amide bonds. The molecule has 1 aliphatic rings. The molecule has 3 N–H and O–H groups in total.